The molecule has 32 heavy (non-hydrogen) atoms. The fourth-order valence-electron chi connectivity index (χ4n) is 3.62. The van der Waals surface area contributed by atoms with Crippen molar-refractivity contribution in [3.63, 3.8) is 0 Å². The number of carbonyl (C=O) groups is 1. The molecule has 3 aromatic rings. The SMILES string of the molecule is CCOc1ccc(-c2ccc(N3CCN(C(=O)Nc4ccccc4OC)CC3)nn2)cc1. The summed E-state index contributed by atoms with van der Waals surface area (Å²) < 4.78 is 10.8. The predicted octanol–water partition coefficient (Wildman–Crippen LogP) is 3.91. The van der Waals surface area contributed by atoms with E-state index in [1.807, 2.05) is 67.6 Å². The number of urea groups is 1. The third kappa shape index (κ3) is 4.91. The summed E-state index contributed by atoms with van der Waals surface area (Å²) in [6.07, 6.45) is 0. The molecule has 0 spiro atoms. The van der Waals surface area contributed by atoms with Gasteiger partial charge in [-0.2, -0.15) is 0 Å². The number of carbonyl (C=O) groups excluding carboxylic acids is 1. The van der Waals surface area contributed by atoms with E-state index in [1.54, 1.807) is 12.0 Å². The number of benzene rings is 2. The molecular weight excluding hydrogens is 406 g/mol. The van der Waals surface area contributed by atoms with Crippen LogP contribution in [0.3, 0.4) is 0 Å². The Morgan fingerprint density at radius 3 is 2.38 bits per heavy atom. The topological polar surface area (TPSA) is 79.8 Å². The number of ether oxygens (including phenoxy) is 2. The highest BCUT2D eigenvalue weighted by Crippen LogP contribution is 2.24. The zero-order chi connectivity index (χ0) is 22.3. The third-order valence-corrected chi connectivity index (χ3v) is 5.35. The molecule has 0 radical (unpaired) electrons. The molecule has 2 heterocycles. The molecule has 8 nitrogen and oxygen atoms in total. The predicted molar refractivity (Wildman–Crippen MR) is 124 cm³/mol. The number of hydrogen-bond acceptors (Lipinski definition) is 6. The monoisotopic (exact) mass is 433 g/mol. The fraction of sp³-hybridized carbons (Fsp3) is 0.292. The number of amides is 2. The molecule has 4 rings (SSSR count). The van der Waals surface area contributed by atoms with Crippen molar-refractivity contribution in [3.05, 3.63) is 60.7 Å². The number of hydrogen-bond donors (Lipinski definition) is 1. The van der Waals surface area contributed by atoms with Crippen LogP contribution in [0.2, 0.25) is 0 Å². The van der Waals surface area contributed by atoms with E-state index in [2.05, 4.69) is 20.4 Å². The Hall–Kier alpha value is -3.81. The Labute approximate surface area is 187 Å². The first kappa shape index (κ1) is 21.4. The molecule has 1 saturated heterocycles. The quantitative estimate of drug-likeness (QED) is 0.635. The summed E-state index contributed by atoms with van der Waals surface area (Å²) in [6, 6.07) is 19.0. The van der Waals surface area contributed by atoms with E-state index < -0.39 is 0 Å². The van der Waals surface area contributed by atoms with E-state index in [4.69, 9.17) is 9.47 Å². The minimum Gasteiger partial charge on any atom is -0.495 e. The fourth-order valence-corrected chi connectivity index (χ4v) is 3.62. The van der Waals surface area contributed by atoms with Gasteiger partial charge in [0, 0.05) is 31.7 Å². The summed E-state index contributed by atoms with van der Waals surface area (Å²) >= 11 is 0. The molecule has 0 atom stereocenters. The molecule has 166 valence electrons. The van der Waals surface area contributed by atoms with Crippen molar-refractivity contribution < 1.29 is 14.3 Å². The lowest BCUT2D eigenvalue weighted by Gasteiger charge is -2.35. The molecule has 2 amide bonds. The van der Waals surface area contributed by atoms with Crippen molar-refractivity contribution in [3.8, 4) is 22.8 Å². The molecule has 1 N–H and O–H groups in total. The second-order valence-electron chi connectivity index (χ2n) is 7.34. The van der Waals surface area contributed by atoms with Gasteiger partial charge < -0.3 is 24.6 Å². The standard InChI is InChI=1S/C24H27N5O3/c1-3-32-19-10-8-18(9-11-19)20-12-13-23(27-26-20)28-14-16-29(17-15-28)24(30)25-21-6-4-5-7-22(21)31-2/h4-13H,3,14-17H2,1-2H3,(H,25,30). The average molecular weight is 434 g/mol. The van der Waals surface area contributed by atoms with Crippen LogP contribution in [0.4, 0.5) is 16.3 Å². The van der Waals surface area contributed by atoms with Crippen LogP contribution in [0.5, 0.6) is 11.5 Å². The zero-order valence-electron chi connectivity index (χ0n) is 18.3. The van der Waals surface area contributed by atoms with Gasteiger partial charge in [0.2, 0.25) is 0 Å². The van der Waals surface area contributed by atoms with Crippen molar-refractivity contribution in [1.29, 1.82) is 0 Å². The number of rotatable bonds is 6. The number of para-hydroxylation sites is 2. The number of nitrogens with zero attached hydrogens (tertiary/aromatic N) is 4. The number of anilines is 2. The van der Waals surface area contributed by atoms with Gasteiger partial charge in [-0.15, -0.1) is 10.2 Å². The molecule has 0 unspecified atom stereocenters. The molecule has 0 aliphatic carbocycles. The Kier molecular flexibility index (Phi) is 6.69. The van der Waals surface area contributed by atoms with Gasteiger partial charge in [-0.1, -0.05) is 12.1 Å². The van der Waals surface area contributed by atoms with Crippen LogP contribution in [0.1, 0.15) is 6.92 Å². The van der Waals surface area contributed by atoms with Gasteiger partial charge in [-0.3, -0.25) is 0 Å². The smallest absolute Gasteiger partial charge is 0.322 e. The molecule has 0 saturated carbocycles. The minimum absolute atomic E-state index is 0.133. The van der Waals surface area contributed by atoms with Crippen molar-refractivity contribution in [2.24, 2.45) is 0 Å². The van der Waals surface area contributed by atoms with Gasteiger partial charge in [0.1, 0.15) is 11.5 Å². The molecule has 1 fully saturated rings. The van der Waals surface area contributed by atoms with Crippen molar-refractivity contribution in [2.45, 2.75) is 6.92 Å². The molecule has 2 aromatic carbocycles. The largest absolute Gasteiger partial charge is 0.495 e. The second kappa shape index (κ2) is 10.00. The van der Waals surface area contributed by atoms with Crippen LogP contribution in [0.15, 0.2) is 60.7 Å². The van der Waals surface area contributed by atoms with E-state index in [0.29, 0.717) is 44.2 Å². The molecule has 0 bridgehead atoms. The summed E-state index contributed by atoms with van der Waals surface area (Å²) in [5.41, 5.74) is 2.47. The van der Waals surface area contributed by atoms with Gasteiger partial charge >= 0.3 is 6.03 Å². The molecule has 1 aliphatic rings. The van der Waals surface area contributed by atoms with E-state index >= 15 is 0 Å². The van der Waals surface area contributed by atoms with Gasteiger partial charge in [-0.25, -0.2) is 4.79 Å². The highest BCUT2D eigenvalue weighted by Gasteiger charge is 2.23. The van der Waals surface area contributed by atoms with Crippen molar-refractivity contribution in [2.75, 3.05) is 50.1 Å². The van der Waals surface area contributed by atoms with Crippen LogP contribution in [-0.4, -0.2) is 61.0 Å². The first-order chi connectivity index (χ1) is 15.7. The number of methoxy groups -OCH3 is 1. The van der Waals surface area contributed by atoms with Crippen LogP contribution >= 0.6 is 0 Å². The van der Waals surface area contributed by atoms with Crippen LogP contribution in [-0.2, 0) is 0 Å². The molecule has 8 heteroatoms. The van der Waals surface area contributed by atoms with Crippen LogP contribution < -0.4 is 19.7 Å². The zero-order valence-corrected chi connectivity index (χ0v) is 18.3. The average Bonchev–Trinajstić information content (AvgIpc) is 2.85. The van der Waals surface area contributed by atoms with E-state index in [-0.39, 0.29) is 6.03 Å². The normalized spacial score (nSPS) is 13.6. The summed E-state index contributed by atoms with van der Waals surface area (Å²) in [6.45, 7) is 5.19. The summed E-state index contributed by atoms with van der Waals surface area (Å²) in [7, 11) is 1.59. The van der Waals surface area contributed by atoms with E-state index in [9.17, 15) is 4.79 Å². The summed E-state index contributed by atoms with van der Waals surface area (Å²) in [4.78, 5) is 16.6. The lowest BCUT2D eigenvalue weighted by Crippen LogP contribution is -2.50. The van der Waals surface area contributed by atoms with Gasteiger partial charge in [0.05, 0.1) is 25.1 Å². The van der Waals surface area contributed by atoms with Crippen LogP contribution in [0.25, 0.3) is 11.3 Å². The Morgan fingerprint density at radius 2 is 1.72 bits per heavy atom. The molecular formula is C24H27N5O3. The number of aromatic nitrogens is 2. The minimum atomic E-state index is -0.133. The number of nitrogens with one attached hydrogen (secondary N) is 1. The maximum absolute atomic E-state index is 12.6. The van der Waals surface area contributed by atoms with Crippen molar-refractivity contribution >= 4 is 17.5 Å². The van der Waals surface area contributed by atoms with Gasteiger partial charge in [-0.05, 0) is 55.5 Å². The van der Waals surface area contributed by atoms with Crippen LogP contribution in [0, 0.1) is 0 Å². The number of piperazine rings is 1. The Bertz CT molecular complexity index is 1030. The lowest BCUT2D eigenvalue weighted by atomic mass is 10.1. The van der Waals surface area contributed by atoms with Gasteiger partial charge in [0.25, 0.3) is 0 Å². The maximum atomic E-state index is 12.6. The van der Waals surface area contributed by atoms with E-state index in [0.717, 1.165) is 22.8 Å². The maximum Gasteiger partial charge on any atom is 0.322 e. The molecule has 1 aliphatic heterocycles. The Morgan fingerprint density at radius 1 is 0.969 bits per heavy atom. The second-order valence-corrected chi connectivity index (χ2v) is 7.34. The summed E-state index contributed by atoms with van der Waals surface area (Å²) in [5.74, 6) is 2.29. The first-order valence-electron chi connectivity index (χ1n) is 10.7. The van der Waals surface area contributed by atoms with Crippen molar-refractivity contribution in [1.82, 2.24) is 15.1 Å². The van der Waals surface area contributed by atoms with Gasteiger partial charge in [0.15, 0.2) is 5.82 Å². The Balaban J connectivity index is 1.33. The summed E-state index contributed by atoms with van der Waals surface area (Å²) in [5, 5.41) is 11.7. The highest BCUT2D eigenvalue weighted by molar-refractivity contribution is 5.91. The van der Waals surface area contributed by atoms with E-state index in [1.165, 1.54) is 0 Å². The molecule has 1 aromatic heterocycles. The lowest BCUT2D eigenvalue weighted by molar-refractivity contribution is 0.208. The highest BCUT2D eigenvalue weighted by atomic mass is 16.5. The third-order valence-electron chi connectivity index (χ3n) is 5.35. The first-order valence-corrected chi connectivity index (χ1v) is 10.7.